The lowest BCUT2D eigenvalue weighted by Gasteiger charge is -2.10. The molecule has 0 heterocycles. The summed E-state index contributed by atoms with van der Waals surface area (Å²) in [6.07, 6.45) is 0. The molecule has 0 spiro atoms. The molecule has 0 aromatic heterocycles. The molecule has 0 bridgehead atoms. The van der Waals surface area contributed by atoms with Gasteiger partial charge in [0.1, 0.15) is 11.5 Å². The van der Waals surface area contributed by atoms with Gasteiger partial charge in [-0.05, 0) is 69.4 Å². The molecule has 0 saturated heterocycles. The Morgan fingerprint density at radius 1 is 0.706 bits per heavy atom. The van der Waals surface area contributed by atoms with E-state index in [9.17, 15) is 0 Å². The van der Waals surface area contributed by atoms with Gasteiger partial charge in [0.25, 0.3) is 0 Å². The van der Waals surface area contributed by atoms with Crippen LogP contribution < -0.4 is 9.47 Å². The molecule has 2 aromatic carbocycles. The fourth-order valence-corrected chi connectivity index (χ4v) is 2.37. The Kier molecular flexibility index (Phi) is 4.90. The smallest absolute Gasteiger partial charge is 0.230 e. The average Bonchev–Trinajstić information content (AvgIpc) is 2.34. The number of hydrogen-bond donors (Lipinski definition) is 0. The molecule has 0 unspecified atom stereocenters. The Morgan fingerprint density at radius 3 is 1.53 bits per heavy atom. The first kappa shape index (κ1) is 12.9. The Morgan fingerprint density at radius 2 is 1.12 bits per heavy atom. The maximum absolute atomic E-state index is 5.56. The molecule has 4 heteroatoms. The summed E-state index contributed by atoms with van der Waals surface area (Å²) in [5.41, 5.74) is 0. The van der Waals surface area contributed by atoms with E-state index in [1.54, 1.807) is 0 Å². The lowest BCUT2D eigenvalue weighted by atomic mass is 10.3. The molecule has 0 aliphatic carbocycles. The van der Waals surface area contributed by atoms with E-state index in [1.807, 2.05) is 48.5 Å². The van der Waals surface area contributed by atoms with Crippen molar-refractivity contribution in [1.29, 1.82) is 0 Å². The third kappa shape index (κ3) is 3.74. The van der Waals surface area contributed by atoms with E-state index in [1.165, 1.54) is 0 Å². The van der Waals surface area contributed by atoms with Crippen molar-refractivity contribution in [3.05, 3.63) is 55.7 Å². The van der Waals surface area contributed by atoms with Crippen LogP contribution in [0.3, 0.4) is 0 Å². The van der Waals surface area contributed by atoms with Gasteiger partial charge in [0.2, 0.25) is 6.79 Å². The van der Waals surface area contributed by atoms with Crippen LogP contribution in [0.4, 0.5) is 0 Å². The van der Waals surface area contributed by atoms with Crippen molar-refractivity contribution < 1.29 is 9.47 Å². The Balaban J connectivity index is 1.93. The minimum Gasteiger partial charge on any atom is -0.456 e. The van der Waals surface area contributed by atoms with Crippen LogP contribution >= 0.6 is 45.2 Å². The molecule has 0 amide bonds. The van der Waals surface area contributed by atoms with Crippen molar-refractivity contribution >= 4 is 45.2 Å². The van der Waals surface area contributed by atoms with Gasteiger partial charge in [0.15, 0.2) is 0 Å². The van der Waals surface area contributed by atoms with Crippen LogP contribution in [0.5, 0.6) is 11.5 Å². The summed E-state index contributed by atoms with van der Waals surface area (Å²) in [6, 6.07) is 15.7. The van der Waals surface area contributed by atoms with Crippen LogP contribution in [-0.4, -0.2) is 6.79 Å². The number of halogens is 2. The Labute approximate surface area is 128 Å². The van der Waals surface area contributed by atoms with Gasteiger partial charge in [-0.25, -0.2) is 0 Å². The zero-order valence-electron chi connectivity index (χ0n) is 8.90. The van der Waals surface area contributed by atoms with E-state index >= 15 is 0 Å². The van der Waals surface area contributed by atoms with Gasteiger partial charge < -0.3 is 9.47 Å². The average molecular weight is 452 g/mol. The fraction of sp³-hybridized carbons (Fsp3) is 0.0769. The molecule has 0 saturated carbocycles. The number of benzene rings is 2. The monoisotopic (exact) mass is 452 g/mol. The largest absolute Gasteiger partial charge is 0.456 e. The highest BCUT2D eigenvalue weighted by molar-refractivity contribution is 14.1. The van der Waals surface area contributed by atoms with E-state index in [4.69, 9.17) is 9.47 Å². The normalized spacial score (nSPS) is 10.0. The third-order valence-corrected chi connectivity index (χ3v) is 3.88. The molecule has 0 atom stereocenters. The van der Waals surface area contributed by atoms with Gasteiger partial charge in [-0.3, -0.25) is 0 Å². The highest BCUT2D eigenvalue weighted by Crippen LogP contribution is 2.22. The molecular weight excluding hydrogens is 442 g/mol. The van der Waals surface area contributed by atoms with Crippen LogP contribution in [-0.2, 0) is 0 Å². The lowest BCUT2D eigenvalue weighted by Crippen LogP contribution is -2.07. The van der Waals surface area contributed by atoms with Crippen LogP contribution in [0, 0.1) is 7.14 Å². The predicted octanol–water partition coefficient (Wildman–Crippen LogP) is 4.31. The minimum absolute atomic E-state index is 0.222. The summed E-state index contributed by atoms with van der Waals surface area (Å²) in [6.45, 7) is 0.222. The predicted molar refractivity (Wildman–Crippen MR) is 84.4 cm³/mol. The molecule has 2 nitrogen and oxygen atoms in total. The molecule has 0 radical (unpaired) electrons. The van der Waals surface area contributed by atoms with E-state index in [0.717, 1.165) is 18.6 Å². The molecule has 17 heavy (non-hydrogen) atoms. The van der Waals surface area contributed by atoms with E-state index in [-0.39, 0.29) is 6.79 Å². The van der Waals surface area contributed by atoms with Crippen LogP contribution in [0.2, 0.25) is 0 Å². The maximum atomic E-state index is 5.56. The summed E-state index contributed by atoms with van der Waals surface area (Å²) in [5, 5.41) is 0. The van der Waals surface area contributed by atoms with E-state index < -0.39 is 0 Å². The summed E-state index contributed by atoms with van der Waals surface area (Å²) >= 11 is 4.48. The van der Waals surface area contributed by atoms with Gasteiger partial charge in [-0.15, -0.1) is 0 Å². The number of para-hydroxylation sites is 2. The zero-order valence-corrected chi connectivity index (χ0v) is 13.2. The highest BCUT2D eigenvalue weighted by atomic mass is 127. The minimum atomic E-state index is 0.222. The Bertz CT molecular complexity index is 455. The number of hydrogen-bond acceptors (Lipinski definition) is 2. The quantitative estimate of drug-likeness (QED) is 0.509. The van der Waals surface area contributed by atoms with Gasteiger partial charge >= 0.3 is 0 Å². The maximum Gasteiger partial charge on any atom is 0.230 e. The summed E-state index contributed by atoms with van der Waals surface area (Å²) in [7, 11) is 0. The second-order valence-corrected chi connectivity index (χ2v) is 5.59. The number of ether oxygens (including phenoxy) is 2. The molecular formula is C13H10I2O2. The van der Waals surface area contributed by atoms with E-state index in [2.05, 4.69) is 45.2 Å². The van der Waals surface area contributed by atoms with Crippen LogP contribution in [0.25, 0.3) is 0 Å². The summed E-state index contributed by atoms with van der Waals surface area (Å²) < 4.78 is 13.3. The molecule has 2 aromatic rings. The highest BCUT2D eigenvalue weighted by Gasteiger charge is 2.01. The number of rotatable bonds is 4. The van der Waals surface area contributed by atoms with Crippen molar-refractivity contribution in [2.45, 2.75) is 0 Å². The lowest BCUT2D eigenvalue weighted by molar-refractivity contribution is 0.118. The third-order valence-electron chi connectivity index (χ3n) is 2.10. The topological polar surface area (TPSA) is 18.5 Å². The van der Waals surface area contributed by atoms with Gasteiger partial charge in [-0.1, -0.05) is 24.3 Å². The van der Waals surface area contributed by atoms with Crippen molar-refractivity contribution in [2.75, 3.05) is 6.79 Å². The zero-order chi connectivity index (χ0) is 12.1. The molecule has 0 aliphatic heterocycles. The van der Waals surface area contributed by atoms with Gasteiger partial charge in [-0.2, -0.15) is 0 Å². The summed E-state index contributed by atoms with van der Waals surface area (Å²) in [5.74, 6) is 1.69. The molecule has 88 valence electrons. The van der Waals surface area contributed by atoms with Gasteiger partial charge in [0, 0.05) is 0 Å². The second kappa shape index (κ2) is 6.44. The SMILES string of the molecule is Ic1ccccc1OCOc1ccccc1I. The van der Waals surface area contributed by atoms with Crippen molar-refractivity contribution in [1.82, 2.24) is 0 Å². The van der Waals surface area contributed by atoms with Crippen molar-refractivity contribution in [3.63, 3.8) is 0 Å². The standard InChI is InChI=1S/C13H10I2O2/c14-10-5-1-3-7-12(10)16-9-17-13-8-4-2-6-11(13)15/h1-8H,9H2. The Hall–Kier alpha value is -0.500. The fourth-order valence-electron chi connectivity index (χ4n) is 1.28. The first-order valence-electron chi connectivity index (χ1n) is 5.02. The van der Waals surface area contributed by atoms with Crippen LogP contribution in [0.1, 0.15) is 0 Å². The first-order valence-corrected chi connectivity index (χ1v) is 7.18. The van der Waals surface area contributed by atoms with E-state index in [0.29, 0.717) is 0 Å². The van der Waals surface area contributed by atoms with Crippen molar-refractivity contribution in [2.24, 2.45) is 0 Å². The van der Waals surface area contributed by atoms with Crippen LogP contribution in [0.15, 0.2) is 48.5 Å². The second-order valence-electron chi connectivity index (χ2n) is 3.27. The molecule has 0 N–H and O–H groups in total. The first-order chi connectivity index (χ1) is 8.27. The summed E-state index contributed by atoms with van der Waals surface area (Å²) in [4.78, 5) is 0. The molecule has 0 aliphatic rings. The molecule has 2 rings (SSSR count). The molecule has 0 fully saturated rings. The van der Waals surface area contributed by atoms with Crippen molar-refractivity contribution in [3.8, 4) is 11.5 Å². The van der Waals surface area contributed by atoms with Gasteiger partial charge in [0.05, 0.1) is 7.14 Å².